The summed E-state index contributed by atoms with van der Waals surface area (Å²) in [6.45, 7) is 8.61. The van der Waals surface area contributed by atoms with Gasteiger partial charge in [-0.2, -0.15) is 10.2 Å². The number of nitrogens with zero attached hydrogens (tertiary/aromatic N) is 4. The Morgan fingerprint density at radius 2 is 1.91 bits per heavy atom. The summed E-state index contributed by atoms with van der Waals surface area (Å²) in [5, 5.41) is 12.3. The lowest BCUT2D eigenvalue weighted by atomic mass is 9.59. The smallest absolute Gasteiger partial charge is 0.164 e. The van der Waals surface area contributed by atoms with Crippen LogP contribution in [-0.2, 0) is 16.6 Å². The predicted molar refractivity (Wildman–Crippen MR) is 135 cm³/mol. The molecule has 6 heteroatoms. The van der Waals surface area contributed by atoms with Crippen molar-refractivity contribution in [3.63, 3.8) is 0 Å². The van der Waals surface area contributed by atoms with Gasteiger partial charge in [0.2, 0.25) is 0 Å². The van der Waals surface area contributed by atoms with Crippen LogP contribution in [0.5, 0.6) is 0 Å². The van der Waals surface area contributed by atoms with Crippen molar-refractivity contribution in [1.29, 1.82) is 0 Å². The summed E-state index contributed by atoms with van der Waals surface area (Å²) in [5.74, 6) is 1.13. The highest BCUT2D eigenvalue weighted by molar-refractivity contribution is 6.01. The number of rotatable bonds is 5. The van der Waals surface area contributed by atoms with E-state index in [9.17, 15) is 4.79 Å². The van der Waals surface area contributed by atoms with Gasteiger partial charge in [0.1, 0.15) is 5.82 Å². The number of azo groups is 1. The molecule has 0 radical (unpaired) electrons. The van der Waals surface area contributed by atoms with E-state index in [4.69, 9.17) is 4.98 Å². The Bertz CT molecular complexity index is 1240. The molecule has 2 aromatic rings. The molecule has 0 bridgehead atoms. The van der Waals surface area contributed by atoms with Gasteiger partial charge in [0.25, 0.3) is 0 Å². The molecule has 1 aromatic carbocycles. The van der Waals surface area contributed by atoms with Crippen molar-refractivity contribution >= 4 is 17.3 Å². The van der Waals surface area contributed by atoms with E-state index in [1.54, 1.807) is 0 Å². The molecular weight excluding hydrogens is 422 g/mol. The molecule has 1 aromatic heterocycles. The standard InChI is InChI=1S/C28H33N5O/c1-6-19-11-9-13-24(30-19)33(5)20-12-8-10-18(14-20)28(7-2)21-17-29-32-26(21)31-22-15-27(3,4)16-23(34)25(22)28/h8-14,17,26,31H,6-7,15-16H2,1-5H3. The number of ketones is 1. The zero-order chi connectivity index (χ0) is 24.1. The van der Waals surface area contributed by atoms with E-state index in [-0.39, 0.29) is 17.4 Å². The topological polar surface area (TPSA) is 70.0 Å². The van der Waals surface area contributed by atoms with Crippen molar-refractivity contribution in [2.24, 2.45) is 15.6 Å². The molecular formula is C28H33N5O. The number of aryl methyl sites for hydroxylation is 1. The molecule has 0 amide bonds. The summed E-state index contributed by atoms with van der Waals surface area (Å²) in [6, 6.07) is 14.7. The van der Waals surface area contributed by atoms with Crippen molar-refractivity contribution in [3.8, 4) is 0 Å². The quantitative estimate of drug-likeness (QED) is 0.602. The van der Waals surface area contributed by atoms with Crippen LogP contribution < -0.4 is 10.2 Å². The van der Waals surface area contributed by atoms with E-state index in [1.807, 2.05) is 19.3 Å². The number of pyridine rings is 1. The zero-order valence-corrected chi connectivity index (χ0v) is 20.7. The molecule has 0 fully saturated rings. The van der Waals surface area contributed by atoms with E-state index in [0.717, 1.165) is 58.9 Å². The number of Topliss-reactive ketones (excluding diaryl/α,β-unsaturated/α-hetero) is 1. The number of fused-ring (bicyclic) bond motifs is 1. The molecule has 176 valence electrons. The monoisotopic (exact) mass is 455 g/mol. The number of anilines is 2. The van der Waals surface area contributed by atoms with Gasteiger partial charge >= 0.3 is 0 Å². The molecule has 1 aliphatic carbocycles. The number of aromatic nitrogens is 1. The third-order valence-corrected chi connectivity index (χ3v) is 7.53. The second kappa shape index (κ2) is 8.19. The van der Waals surface area contributed by atoms with Gasteiger partial charge in [-0.15, -0.1) is 0 Å². The highest BCUT2D eigenvalue weighted by Gasteiger charge is 2.53. The predicted octanol–water partition coefficient (Wildman–Crippen LogP) is 5.98. The molecule has 2 unspecified atom stereocenters. The van der Waals surface area contributed by atoms with Crippen LogP contribution in [-0.4, -0.2) is 24.0 Å². The number of hydrogen-bond donors (Lipinski definition) is 1. The van der Waals surface area contributed by atoms with Crippen molar-refractivity contribution in [3.05, 3.63) is 76.8 Å². The van der Waals surface area contributed by atoms with Crippen LogP contribution >= 0.6 is 0 Å². The Labute approximate surface area is 201 Å². The van der Waals surface area contributed by atoms with Crippen LogP contribution in [0.25, 0.3) is 0 Å². The van der Waals surface area contributed by atoms with Crippen LogP contribution in [0.15, 0.2) is 75.7 Å². The number of hydrogen-bond acceptors (Lipinski definition) is 6. The lowest BCUT2D eigenvalue weighted by Gasteiger charge is -2.48. The first-order valence-electron chi connectivity index (χ1n) is 12.2. The molecule has 0 saturated heterocycles. The maximum absolute atomic E-state index is 13.7. The molecule has 5 rings (SSSR count). The van der Waals surface area contributed by atoms with Crippen LogP contribution in [0.3, 0.4) is 0 Å². The first kappa shape index (κ1) is 22.5. The number of carbonyl (C=O) groups is 1. The number of nitrogens with one attached hydrogen (secondary N) is 1. The Hall–Kier alpha value is -3.28. The molecule has 6 nitrogen and oxygen atoms in total. The van der Waals surface area contributed by atoms with Gasteiger partial charge in [-0.3, -0.25) is 4.79 Å². The second-order valence-corrected chi connectivity index (χ2v) is 10.4. The summed E-state index contributed by atoms with van der Waals surface area (Å²) >= 11 is 0. The van der Waals surface area contributed by atoms with E-state index < -0.39 is 5.41 Å². The van der Waals surface area contributed by atoms with Gasteiger partial charge in [0.15, 0.2) is 11.9 Å². The summed E-state index contributed by atoms with van der Waals surface area (Å²) in [6.07, 6.45) is 4.69. The third-order valence-electron chi connectivity index (χ3n) is 7.53. The van der Waals surface area contributed by atoms with Gasteiger partial charge < -0.3 is 10.2 Å². The summed E-state index contributed by atoms with van der Waals surface area (Å²) in [4.78, 5) is 20.6. The fourth-order valence-corrected chi connectivity index (χ4v) is 5.85. The molecule has 3 aliphatic rings. The van der Waals surface area contributed by atoms with Gasteiger partial charge in [0.05, 0.1) is 11.6 Å². The van der Waals surface area contributed by atoms with E-state index in [1.165, 1.54) is 0 Å². The van der Waals surface area contributed by atoms with E-state index in [0.29, 0.717) is 6.42 Å². The van der Waals surface area contributed by atoms with Crippen molar-refractivity contribution in [2.75, 3.05) is 11.9 Å². The van der Waals surface area contributed by atoms with Crippen molar-refractivity contribution in [2.45, 2.75) is 65.0 Å². The van der Waals surface area contributed by atoms with Gasteiger partial charge in [-0.05, 0) is 54.5 Å². The Morgan fingerprint density at radius 3 is 2.68 bits per heavy atom. The SMILES string of the molecule is CCc1cccc(N(C)c2cccc(C3(CC)C4=CN=NC4NC4=C3C(=O)CC(C)(C)C4)c2)n1. The lowest BCUT2D eigenvalue weighted by Crippen LogP contribution is -2.51. The van der Waals surface area contributed by atoms with Crippen LogP contribution in [0.1, 0.15) is 58.2 Å². The summed E-state index contributed by atoms with van der Waals surface area (Å²) in [7, 11) is 2.04. The Kier molecular flexibility index (Phi) is 5.42. The molecule has 2 aliphatic heterocycles. The minimum absolute atomic E-state index is 0.0720. The van der Waals surface area contributed by atoms with E-state index in [2.05, 4.69) is 84.5 Å². The van der Waals surface area contributed by atoms with Crippen LogP contribution in [0, 0.1) is 5.41 Å². The molecule has 3 heterocycles. The number of benzene rings is 1. The summed E-state index contributed by atoms with van der Waals surface area (Å²) < 4.78 is 0. The van der Waals surface area contributed by atoms with Crippen molar-refractivity contribution < 1.29 is 4.79 Å². The largest absolute Gasteiger partial charge is 0.362 e. The molecule has 0 spiro atoms. The first-order chi connectivity index (χ1) is 16.3. The maximum atomic E-state index is 13.7. The highest BCUT2D eigenvalue weighted by Crippen LogP contribution is 2.54. The minimum Gasteiger partial charge on any atom is -0.362 e. The maximum Gasteiger partial charge on any atom is 0.164 e. The van der Waals surface area contributed by atoms with Gasteiger partial charge in [-0.25, -0.2) is 4.98 Å². The highest BCUT2D eigenvalue weighted by atomic mass is 16.1. The first-order valence-corrected chi connectivity index (χ1v) is 12.2. The Morgan fingerprint density at radius 1 is 1.12 bits per heavy atom. The number of carbonyl (C=O) groups excluding carboxylic acids is 1. The third kappa shape index (κ3) is 3.47. The van der Waals surface area contributed by atoms with Gasteiger partial charge in [-0.1, -0.05) is 45.9 Å². The van der Waals surface area contributed by atoms with Crippen LogP contribution in [0.4, 0.5) is 11.5 Å². The normalized spacial score (nSPS) is 24.9. The molecule has 34 heavy (non-hydrogen) atoms. The second-order valence-electron chi connectivity index (χ2n) is 10.4. The zero-order valence-electron chi connectivity index (χ0n) is 20.7. The van der Waals surface area contributed by atoms with Crippen molar-refractivity contribution in [1.82, 2.24) is 10.3 Å². The Balaban J connectivity index is 1.66. The fourth-order valence-electron chi connectivity index (χ4n) is 5.85. The summed E-state index contributed by atoms with van der Waals surface area (Å²) in [5.41, 5.74) is 5.59. The molecule has 0 saturated carbocycles. The van der Waals surface area contributed by atoms with Gasteiger partial charge in [0, 0.05) is 41.7 Å². The fraction of sp³-hybridized carbons (Fsp3) is 0.429. The van der Waals surface area contributed by atoms with Crippen LogP contribution in [0.2, 0.25) is 0 Å². The molecule has 1 N–H and O–H groups in total. The number of allylic oxidation sites excluding steroid dienone is 2. The van der Waals surface area contributed by atoms with E-state index >= 15 is 0 Å². The lowest BCUT2D eigenvalue weighted by molar-refractivity contribution is -0.119. The minimum atomic E-state index is -0.544. The average Bonchev–Trinajstić information content (AvgIpc) is 3.30. The molecule has 2 atom stereocenters. The average molecular weight is 456 g/mol.